The van der Waals surface area contributed by atoms with Gasteiger partial charge in [0.05, 0.1) is 19.6 Å². The van der Waals surface area contributed by atoms with Gasteiger partial charge in [0, 0.05) is 13.7 Å². The van der Waals surface area contributed by atoms with Crippen LogP contribution in [0.15, 0.2) is 0 Å². The number of rotatable bonds is 3. The van der Waals surface area contributed by atoms with Crippen LogP contribution in [0.4, 0.5) is 0 Å². The topological polar surface area (TPSA) is 47.6 Å². The van der Waals surface area contributed by atoms with Crippen molar-refractivity contribution < 1.29 is 14.3 Å². The number of esters is 1. The van der Waals surface area contributed by atoms with Gasteiger partial charge in [-0.15, -0.1) is 0 Å². The Hall–Kier alpha value is -0.610. The first-order chi connectivity index (χ1) is 6.27. The zero-order valence-corrected chi connectivity index (χ0v) is 8.21. The first-order valence-corrected chi connectivity index (χ1v) is 4.58. The summed E-state index contributed by atoms with van der Waals surface area (Å²) < 4.78 is 9.91. The lowest BCUT2D eigenvalue weighted by atomic mass is 9.92. The second kappa shape index (κ2) is 5.19. The van der Waals surface area contributed by atoms with Gasteiger partial charge in [-0.1, -0.05) is 0 Å². The van der Waals surface area contributed by atoms with E-state index in [-0.39, 0.29) is 12.1 Å². The highest BCUT2D eigenvalue weighted by atomic mass is 16.5. The van der Waals surface area contributed by atoms with Gasteiger partial charge >= 0.3 is 5.97 Å². The van der Waals surface area contributed by atoms with E-state index in [0.29, 0.717) is 12.3 Å². The van der Waals surface area contributed by atoms with Crippen molar-refractivity contribution in [1.29, 1.82) is 0 Å². The van der Waals surface area contributed by atoms with E-state index in [1.165, 1.54) is 7.11 Å². The second-order valence-corrected chi connectivity index (χ2v) is 3.31. The maximum Gasteiger partial charge on any atom is 0.305 e. The van der Waals surface area contributed by atoms with Gasteiger partial charge in [0.1, 0.15) is 0 Å². The third kappa shape index (κ3) is 2.97. The van der Waals surface area contributed by atoms with Gasteiger partial charge in [0.15, 0.2) is 0 Å². The predicted octanol–water partition coefficient (Wildman–Crippen LogP) is 0.174. The molecule has 4 heteroatoms. The summed E-state index contributed by atoms with van der Waals surface area (Å²) in [7, 11) is 3.10. The Labute approximate surface area is 78.6 Å². The van der Waals surface area contributed by atoms with Crippen LogP contribution in [0.1, 0.15) is 12.8 Å². The Morgan fingerprint density at radius 2 is 2.31 bits per heavy atom. The highest BCUT2D eigenvalue weighted by Gasteiger charge is 2.26. The fourth-order valence-electron chi connectivity index (χ4n) is 1.69. The van der Waals surface area contributed by atoms with Gasteiger partial charge < -0.3 is 14.8 Å². The summed E-state index contributed by atoms with van der Waals surface area (Å²) in [5, 5.41) is 3.23. The van der Waals surface area contributed by atoms with Crippen molar-refractivity contribution in [2.24, 2.45) is 5.92 Å². The van der Waals surface area contributed by atoms with E-state index in [1.54, 1.807) is 7.11 Å². The summed E-state index contributed by atoms with van der Waals surface area (Å²) in [6, 6.07) is 0. The van der Waals surface area contributed by atoms with E-state index in [0.717, 1.165) is 19.5 Å². The summed E-state index contributed by atoms with van der Waals surface area (Å²) in [6.45, 7) is 1.79. The number of methoxy groups -OCH3 is 2. The number of carbonyl (C=O) groups excluding carboxylic acids is 1. The summed E-state index contributed by atoms with van der Waals surface area (Å²) in [5.41, 5.74) is 0. The quantitative estimate of drug-likeness (QED) is 0.640. The van der Waals surface area contributed by atoms with Crippen LogP contribution in [0, 0.1) is 5.92 Å². The minimum Gasteiger partial charge on any atom is -0.469 e. The highest BCUT2D eigenvalue weighted by molar-refractivity contribution is 5.69. The summed E-state index contributed by atoms with van der Waals surface area (Å²) in [5.74, 6) is 0.160. The normalized spacial score (nSPS) is 28.5. The number of hydrogen-bond acceptors (Lipinski definition) is 4. The van der Waals surface area contributed by atoms with Crippen LogP contribution in [0.25, 0.3) is 0 Å². The second-order valence-electron chi connectivity index (χ2n) is 3.31. The molecule has 4 nitrogen and oxygen atoms in total. The Morgan fingerprint density at radius 1 is 1.54 bits per heavy atom. The Kier molecular flexibility index (Phi) is 4.18. The Balaban J connectivity index is 2.40. The zero-order valence-electron chi connectivity index (χ0n) is 8.21. The molecule has 1 aliphatic rings. The van der Waals surface area contributed by atoms with Crippen LogP contribution in [0.2, 0.25) is 0 Å². The molecule has 1 fully saturated rings. The van der Waals surface area contributed by atoms with Gasteiger partial charge in [-0.2, -0.15) is 0 Å². The Morgan fingerprint density at radius 3 is 2.92 bits per heavy atom. The lowest BCUT2D eigenvalue weighted by Crippen LogP contribution is -2.42. The molecule has 0 unspecified atom stereocenters. The van der Waals surface area contributed by atoms with Crippen molar-refractivity contribution in [3.63, 3.8) is 0 Å². The predicted molar refractivity (Wildman–Crippen MR) is 48.4 cm³/mol. The van der Waals surface area contributed by atoms with Crippen molar-refractivity contribution in [3.8, 4) is 0 Å². The van der Waals surface area contributed by atoms with E-state index in [4.69, 9.17) is 4.74 Å². The maximum absolute atomic E-state index is 11.0. The van der Waals surface area contributed by atoms with E-state index in [9.17, 15) is 4.79 Å². The van der Waals surface area contributed by atoms with Gasteiger partial charge in [-0.3, -0.25) is 4.79 Å². The van der Waals surface area contributed by atoms with Crippen molar-refractivity contribution >= 4 is 5.97 Å². The van der Waals surface area contributed by atoms with E-state index in [1.807, 2.05) is 0 Å². The fraction of sp³-hybridized carbons (Fsp3) is 0.889. The van der Waals surface area contributed by atoms with Crippen molar-refractivity contribution in [2.45, 2.75) is 18.9 Å². The van der Waals surface area contributed by atoms with Crippen molar-refractivity contribution in [2.75, 3.05) is 27.3 Å². The molecule has 76 valence electrons. The molecule has 1 aliphatic heterocycles. The lowest BCUT2D eigenvalue weighted by Gasteiger charge is -2.30. The van der Waals surface area contributed by atoms with Gasteiger partial charge in [0.2, 0.25) is 0 Å². The van der Waals surface area contributed by atoms with Gasteiger partial charge in [-0.25, -0.2) is 0 Å². The molecule has 13 heavy (non-hydrogen) atoms. The average molecular weight is 187 g/mol. The van der Waals surface area contributed by atoms with Crippen LogP contribution >= 0.6 is 0 Å². The molecule has 0 aliphatic carbocycles. The van der Waals surface area contributed by atoms with Crippen LogP contribution in [-0.4, -0.2) is 39.4 Å². The highest BCUT2D eigenvalue weighted by Crippen LogP contribution is 2.19. The first kappa shape index (κ1) is 10.5. The molecule has 2 atom stereocenters. The molecular weight excluding hydrogens is 170 g/mol. The number of nitrogens with one attached hydrogen (secondary N) is 1. The zero-order chi connectivity index (χ0) is 9.68. The van der Waals surface area contributed by atoms with Crippen molar-refractivity contribution in [1.82, 2.24) is 5.32 Å². The third-order valence-corrected chi connectivity index (χ3v) is 2.52. The van der Waals surface area contributed by atoms with E-state index < -0.39 is 0 Å². The molecular formula is C9H17NO3. The summed E-state index contributed by atoms with van der Waals surface area (Å²) >= 11 is 0. The monoisotopic (exact) mass is 187 g/mol. The average Bonchev–Trinajstić information content (AvgIpc) is 2.18. The summed E-state index contributed by atoms with van der Waals surface area (Å²) in [4.78, 5) is 11.0. The lowest BCUT2D eigenvalue weighted by molar-refractivity contribution is -0.143. The molecule has 0 aromatic carbocycles. The van der Waals surface area contributed by atoms with Crippen molar-refractivity contribution in [3.05, 3.63) is 0 Å². The molecule has 1 N–H and O–H groups in total. The van der Waals surface area contributed by atoms with Crippen LogP contribution in [-0.2, 0) is 14.3 Å². The van der Waals surface area contributed by atoms with Crippen LogP contribution in [0.3, 0.4) is 0 Å². The minimum atomic E-state index is -0.144. The number of carbonyl (C=O) groups is 1. The minimum absolute atomic E-state index is 0.144. The van der Waals surface area contributed by atoms with Crippen LogP contribution in [0.5, 0.6) is 0 Å². The SMILES string of the molecule is COC(=O)C[C@@H]1CCNC[C@H]1OC. The number of ether oxygens (including phenoxy) is 2. The number of hydrogen-bond donors (Lipinski definition) is 1. The standard InChI is InChI=1S/C9H17NO3/c1-12-8-6-10-4-3-7(8)5-9(11)13-2/h7-8,10H,3-6H2,1-2H3/t7-,8+/m0/s1. The molecule has 1 saturated heterocycles. The molecule has 0 spiro atoms. The number of piperidine rings is 1. The molecule has 0 amide bonds. The third-order valence-electron chi connectivity index (χ3n) is 2.52. The summed E-state index contributed by atoms with van der Waals surface area (Å²) in [6.07, 6.45) is 1.59. The van der Waals surface area contributed by atoms with E-state index in [2.05, 4.69) is 10.1 Å². The maximum atomic E-state index is 11.0. The molecule has 0 aromatic rings. The first-order valence-electron chi connectivity index (χ1n) is 4.58. The van der Waals surface area contributed by atoms with E-state index >= 15 is 0 Å². The molecule has 0 saturated carbocycles. The smallest absolute Gasteiger partial charge is 0.305 e. The molecule has 1 rings (SSSR count). The molecule has 0 radical (unpaired) electrons. The molecule has 0 bridgehead atoms. The van der Waals surface area contributed by atoms with Gasteiger partial charge in [0.25, 0.3) is 0 Å². The van der Waals surface area contributed by atoms with Crippen LogP contribution < -0.4 is 5.32 Å². The van der Waals surface area contributed by atoms with Gasteiger partial charge in [-0.05, 0) is 18.9 Å². The largest absolute Gasteiger partial charge is 0.469 e. The fourth-order valence-corrected chi connectivity index (χ4v) is 1.69. The molecule has 0 aromatic heterocycles. The molecule has 1 heterocycles. The Bertz CT molecular complexity index is 172.